The predicted octanol–water partition coefficient (Wildman–Crippen LogP) is 1.55. The predicted molar refractivity (Wildman–Crippen MR) is 86.7 cm³/mol. The molecule has 0 aromatic carbocycles. The summed E-state index contributed by atoms with van der Waals surface area (Å²) in [6.45, 7) is 4.11. The number of nitrogens with zero attached hydrogens (tertiary/aromatic N) is 2. The molecule has 5 nitrogen and oxygen atoms in total. The van der Waals surface area contributed by atoms with Gasteiger partial charge >= 0.3 is 0 Å². The Labute approximate surface area is 135 Å². The lowest BCUT2D eigenvalue weighted by Gasteiger charge is -2.30. The van der Waals surface area contributed by atoms with E-state index in [-0.39, 0.29) is 23.9 Å². The fourth-order valence-corrected chi connectivity index (χ4v) is 4.30. The molecule has 2 aliphatic heterocycles. The summed E-state index contributed by atoms with van der Waals surface area (Å²) in [5.74, 6) is 0.487. The Hall–Kier alpha value is -1.40. The quantitative estimate of drug-likeness (QED) is 0.918. The van der Waals surface area contributed by atoms with Crippen molar-refractivity contribution in [3.8, 4) is 0 Å². The Bertz CT molecular complexity index is 546. The van der Waals surface area contributed by atoms with Crippen LogP contribution in [0.25, 0.3) is 0 Å². The van der Waals surface area contributed by atoms with Crippen LogP contribution in [-0.2, 0) is 4.79 Å². The van der Waals surface area contributed by atoms with Crippen LogP contribution in [0.3, 0.4) is 0 Å². The molecule has 0 saturated carbocycles. The lowest BCUT2D eigenvalue weighted by atomic mass is 10.1. The van der Waals surface area contributed by atoms with Crippen molar-refractivity contribution in [2.75, 3.05) is 19.6 Å². The van der Waals surface area contributed by atoms with Crippen molar-refractivity contribution in [1.82, 2.24) is 9.80 Å². The molecule has 3 unspecified atom stereocenters. The maximum atomic E-state index is 12.9. The molecule has 3 rings (SSSR count). The van der Waals surface area contributed by atoms with E-state index in [1.807, 2.05) is 22.4 Å². The molecule has 2 fully saturated rings. The van der Waals surface area contributed by atoms with E-state index in [0.717, 1.165) is 25.8 Å². The number of rotatable bonds is 3. The van der Waals surface area contributed by atoms with E-state index in [1.165, 1.54) is 11.3 Å². The minimum atomic E-state index is -0.298. The van der Waals surface area contributed by atoms with Gasteiger partial charge in [0.1, 0.15) is 6.04 Å². The second-order valence-electron chi connectivity index (χ2n) is 6.31. The SMILES string of the molecule is CC1CC(CN)CN1C(=O)C1CCCN1C(=O)c1cccs1. The molecule has 2 saturated heterocycles. The zero-order valence-corrected chi connectivity index (χ0v) is 13.7. The van der Waals surface area contributed by atoms with Crippen LogP contribution in [0.4, 0.5) is 0 Å². The molecule has 1 aromatic rings. The summed E-state index contributed by atoms with van der Waals surface area (Å²) in [5.41, 5.74) is 5.75. The second kappa shape index (κ2) is 6.38. The average molecular weight is 321 g/mol. The minimum Gasteiger partial charge on any atom is -0.338 e. The Morgan fingerprint density at radius 3 is 2.86 bits per heavy atom. The van der Waals surface area contributed by atoms with Gasteiger partial charge in [0.25, 0.3) is 5.91 Å². The monoisotopic (exact) mass is 321 g/mol. The molecule has 0 spiro atoms. The first kappa shape index (κ1) is 15.5. The normalized spacial score (nSPS) is 28.4. The molecule has 0 radical (unpaired) electrons. The van der Waals surface area contributed by atoms with Gasteiger partial charge in [-0.05, 0) is 50.1 Å². The summed E-state index contributed by atoms with van der Waals surface area (Å²) in [7, 11) is 0. The van der Waals surface area contributed by atoms with E-state index in [2.05, 4.69) is 6.92 Å². The van der Waals surface area contributed by atoms with Crippen LogP contribution in [-0.4, -0.2) is 53.3 Å². The van der Waals surface area contributed by atoms with E-state index in [9.17, 15) is 9.59 Å². The highest BCUT2D eigenvalue weighted by atomic mass is 32.1. The summed E-state index contributed by atoms with van der Waals surface area (Å²) in [6.07, 6.45) is 2.64. The molecule has 0 bridgehead atoms. The number of amides is 2. The third kappa shape index (κ3) is 2.77. The largest absolute Gasteiger partial charge is 0.338 e. The van der Waals surface area contributed by atoms with Crippen LogP contribution < -0.4 is 5.73 Å². The Morgan fingerprint density at radius 2 is 2.23 bits per heavy atom. The maximum absolute atomic E-state index is 12.9. The van der Waals surface area contributed by atoms with E-state index in [1.54, 1.807) is 4.90 Å². The number of carbonyl (C=O) groups excluding carboxylic acids is 2. The Morgan fingerprint density at radius 1 is 1.41 bits per heavy atom. The minimum absolute atomic E-state index is 0.00641. The molecule has 3 atom stereocenters. The van der Waals surface area contributed by atoms with Gasteiger partial charge in [-0.2, -0.15) is 0 Å². The van der Waals surface area contributed by atoms with Crippen molar-refractivity contribution < 1.29 is 9.59 Å². The van der Waals surface area contributed by atoms with Crippen LogP contribution >= 0.6 is 11.3 Å². The van der Waals surface area contributed by atoms with Crippen molar-refractivity contribution in [2.24, 2.45) is 11.7 Å². The first-order valence-electron chi connectivity index (χ1n) is 7.96. The van der Waals surface area contributed by atoms with Crippen molar-refractivity contribution >= 4 is 23.2 Å². The van der Waals surface area contributed by atoms with Gasteiger partial charge in [-0.15, -0.1) is 11.3 Å². The highest BCUT2D eigenvalue weighted by Gasteiger charge is 2.41. The number of carbonyl (C=O) groups is 2. The van der Waals surface area contributed by atoms with E-state index in [0.29, 0.717) is 23.9 Å². The molecule has 3 heterocycles. The first-order valence-corrected chi connectivity index (χ1v) is 8.84. The fraction of sp³-hybridized carbons (Fsp3) is 0.625. The molecule has 2 aliphatic rings. The van der Waals surface area contributed by atoms with Crippen molar-refractivity contribution in [3.05, 3.63) is 22.4 Å². The van der Waals surface area contributed by atoms with Crippen LogP contribution in [0.5, 0.6) is 0 Å². The smallest absolute Gasteiger partial charge is 0.264 e. The number of thiophene rings is 1. The molecule has 2 amide bonds. The number of likely N-dealkylation sites (tertiary alicyclic amines) is 2. The summed E-state index contributed by atoms with van der Waals surface area (Å²) >= 11 is 1.44. The van der Waals surface area contributed by atoms with Crippen molar-refractivity contribution in [3.63, 3.8) is 0 Å². The molecule has 120 valence electrons. The third-order valence-electron chi connectivity index (χ3n) is 4.81. The molecule has 2 N–H and O–H groups in total. The van der Waals surface area contributed by atoms with Crippen LogP contribution in [0.15, 0.2) is 17.5 Å². The van der Waals surface area contributed by atoms with E-state index < -0.39 is 0 Å². The van der Waals surface area contributed by atoms with Gasteiger partial charge in [0.2, 0.25) is 5.91 Å². The number of hydrogen-bond donors (Lipinski definition) is 1. The van der Waals surface area contributed by atoms with Crippen LogP contribution in [0.1, 0.15) is 35.9 Å². The zero-order valence-electron chi connectivity index (χ0n) is 12.9. The highest BCUT2D eigenvalue weighted by molar-refractivity contribution is 7.12. The van der Waals surface area contributed by atoms with Gasteiger partial charge in [-0.3, -0.25) is 9.59 Å². The Kier molecular flexibility index (Phi) is 4.49. The average Bonchev–Trinajstić information content (AvgIpc) is 3.25. The standard InChI is InChI=1S/C16H23N3O2S/c1-11-8-12(9-17)10-19(11)15(20)13-4-2-6-18(13)16(21)14-5-3-7-22-14/h3,5,7,11-13H,2,4,6,8-10,17H2,1H3. The fourth-order valence-electron chi connectivity index (χ4n) is 3.62. The van der Waals surface area contributed by atoms with Gasteiger partial charge in [0.05, 0.1) is 4.88 Å². The summed E-state index contributed by atoms with van der Waals surface area (Å²) in [6, 6.07) is 3.63. The summed E-state index contributed by atoms with van der Waals surface area (Å²) in [4.78, 5) is 29.9. The molecular weight excluding hydrogens is 298 g/mol. The van der Waals surface area contributed by atoms with Gasteiger partial charge < -0.3 is 15.5 Å². The zero-order chi connectivity index (χ0) is 15.7. The first-order chi connectivity index (χ1) is 10.6. The topological polar surface area (TPSA) is 66.6 Å². The van der Waals surface area contributed by atoms with Gasteiger partial charge in [-0.25, -0.2) is 0 Å². The van der Waals surface area contributed by atoms with E-state index in [4.69, 9.17) is 5.73 Å². The van der Waals surface area contributed by atoms with Crippen molar-refractivity contribution in [2.45, 2.75) is 38.3 Å². The molecule has 6 heteroatoms. The lowest BCUT2D eigenvalue weighted by molar-refractivity contribution is -0.135. The van der Waals surface area contributed by atoms with Gasteiger partial charge in [0, 0.05) is 19.1 Å². The second-order valence-corrected chi connectivity index (χ2v) is 7.26. The van der Waals surface area contributed by atoms with Crippen molar-refractivity contribution in [1.29, 1.82) is 0 Å². The lowest BCUT2D eigenvalue weighted by Crippen LogP contribution is -2.48. The Balaban J connectivity index is 1.73. The van der Waals surface area contributed by atoms with Gasteiger partial charge in [-0.1, -0.05) is 6.07 Å². The number of nitrogens with two attached hydrogens (primary N) is 1. The van der Waals surface area contributed by atoms with E-state index >= 15 is 0 Å². The third-order valence-corrected chi connectivity index (χ3v) is 5.67. The summed E-state index contributed by atoms with van der Waals surface area (Å²) in [5, 5.41) is 1.90. The molecule has 22 heavy (non-hydrogen) atoms. The summed E-state index contributed by atoms with van der Waals surface area (Å²) < 4.78 is 0. The molecule has 1 aromatic heterocycles. The number of hydrogen-bond acceptors (Lipinski definition) is 4. The maximum Gasteiger partial charge on any atom is 0.264 e. The molecule has 0 aliphatic carbocycles. The van der Waals surface area contributed by atoms with Crippen LogP contribution in [0.2, 0.25) is 0 Å². The highest BCUT2D eigenvalue weighted by Crippen LogP contribution is 2.28. The molecular formula is C16H23N3O2S. The van der Waals surface area contributed by atoms with Crippen LogP contribution in [0, 0.1) is 5.92 Å². The van der Waals surface area contributed by atoms with Gasteiger partial charge in [0.15, 0.2) is 0 Å².